The van der Waals surface area contributed by atoms with Crippen molar-refractivity contribution in [2.24, 2.45) is 5.73 Å². The van der Waals surface area contributed by atoms with Gasteiger partial charge in [0.25, 0.3) is 0 Å². The van der Waals surface area contributed by atoms with Crippen LogP contribution < -0.4 is 5.73 Å². The Morgan fingerprint density at radius 3 is 2.08 bits per heavy atom. The van der Waals surface area contributed by atoms with Gasteiger partial charge in [-0.15, -0.1) is 0 Å². The second-order valence-electron chi connectivity index (χ2n) is 2.57. The number of benzene rings is 1. The zero-order chi connectivity index (χ0) is 10.3. The first kappa shape index (κ1) is 12.1. The number of nitrogens with two attached hydrogens (primary N) is 1. The molecule has 0 radical (unpaired) electrons. The lowest BCUT2D eigenvalue weighted by molar-refractivity contribution is 0.623. The maximum atomic E-state index is 12.4. The summed E-state index contributed by atoms with van der Waals surface area (Å²) in [6.45, 7) is 6.01. The lowest BCUT2D eigenvalue weighted by Crippen LogP contribution is -2.08. The molecular formula is C11H18FN. The summed E-state index contributed by atoms with van der Waals surface area (Å²) >= 11 is 0. The molecule has 1 atom stereocenters. The van der Waals surface area contributed by atoms with Gasteiger partial charge in [-0.2, -0.15) is 0 Å². The van der Waals surface area contributed by atoms with Crippen LogP contribution in [0, 0.1) is 5.82 Å². The molecule has 0 unspecified atom stereocenters. The Balaban J connectivity index is 0.000000671. The summed E-state index contributed by atoms with van der Waals surface area (Å²) in [5.74, 6) is -0.211. The summed E-state index contributed by atoms with van der Waals surface area (Å²) in [5, 5.41) is 0. The molecule has 0 heterocycles. The highest BCUT2D eigenvalue weighted by Crippen LogP contribution is 2.13. The van der Waals surface area contributed by atoms with E-state index < -0.39 is 0 Å². The van der Waals surface area contributed by atoms with Crippen LogP contribution in [0.3, 0.4) is 0 Å². The Kier molecular flexibility index (Phi) is 6.15. The summed E-state index contributed by atoms with van der Waals surface area (Å²) in [5.41, 5.74) is 6.72. The van der Waals surface area contributed by atoms with Crippen LogP contribution in [0.5, 0.6) is 0 Å². The number of rotatable bonds is 2. The van der Waals surface area contributed by atoms with Crippen LogP contribution >= 0.6 is 0 Å². The molecule has 0 aliphatic carbocycles. The van der Waals surface area contributed by atoms with E-state index in [0.717, 1.165) is 12.0 Å². The summed E-state index contributed by atoms with van der Waals surface area (Å²) < 4.78 is 12.4. The largest absolute Gasteiger partial charge is 0.324 e. The average Bonchev–Trinajstić information content (AvgIpc) is 2.21. The maximum Gasteiger partial charge on any atom is 0.123 e. The Hall–Kier alpha value is -0.890. The predicted molar refractivity (Wildman–Crippen MR) is 55.0 cm³/mol. The van der Waals surface area contributed by atoms with Gasteiger partial charge in [0.05, 0.1) is 0 Å². The molecule has 0 amide bonds. The van der Waals surface area contributed by atoms with Gasteiger partial charge in [-0.3, -0.25) is 0 Å². The second kappa shape index (κ2) is 6.61. The molecule has 0 saturated carbocycles. The molecule has 0 saturated heterocycles. The molecule has 1 nitrogen and oxygen atoms in total. The van der Waals surface area contributed by atoms with Gasteiger partial charge in [0.15, 0.2) is 0 Å². The van der Waals surface area contributed by atoms with Crippen molar-refractivity contribution < 1.29 is 4.39 Å². The first-order valence-electron chi connectivity index (χ1n) is 4.75. The zero-order valence-corrected chi connectivity index (χ0v) is 8.55. The second-order valence-corrected chi connectivity index (χ2v) is 2.57. The number of hydrogen-bond acceptors (Lipinski definition) is 1. The van der Waals surface area contributed by atoms with Gasteiger partial charge < -0.3 is 5.73 Å². The predicted octanol–water partition coefficient (Wildman–Crippen LogP) is 3.26. The van der Waals surface area contributed by atoms with Crippen LogP contribution in [0.15, 0.2) is 24.3 Å². The van der Waals surface area contributed by atoms with Crippen molar-refractivity contribution >= 4 is 0 Å². The van der Waals surface area contributed by atoms with E-state index in [1.807, 2.05) is 20.8 Å². The van der Waals surface area contributed by atoms with Crippen molar-refractivity contribution in [1.29, 1.82) is 0 Å². The van der Waals surface area contributed by atoms with Gasteiger partial charge in [0.1, 0.15) is 5.82 Å². The lowest BCUT2D eigenvalue weighted by atomic mass is 10.1. The van der Waals surface area contributed by atoms with E-state index in [2.05, 4.69) is 0 Å². The van der Waals surface area contributed by atoms with Gasteiger partial charge in [-0.05, 0) is 24.1 Å². The molecule has 0 aliphatic rings. The first-order valence-corrected chi connectivity index (χ1v) is 4.75. The molecule has 2 N–H and O–H groups in total. The maximum absolute atomic E-state index is 12.4. The molecule has 0 fully saturated rings. The van der Waals surface area contributed by atoms with Crippen molar-refractivity contribution in [3.05, 3.63) is 35.6 Å². The molecule has 1 aromatic carbocycles. The average molecular weight is 183 g/mol. The molecular weight excluding hydrogens is 165 g/mol. The fraction of sp³-hybridized carbons (Fsp3) is 0.455. The van der Waals surface area contributed by atoms with Gasteiger partial charge in [0, 0.05) is 6.04 Å². The summed E-state index contributed by atoms with van der Waals surface area (Å²) in [7, 11) is 0. The van der Waals surface area contributed by atoms with E-state index in [9.17, 15) is 4.39 Å². The molecule has 1 aromatic rings. The molecule has 0 spiro atoms. The van der Waals surface area contributed by atoms with Crippen LogP contribution in [-0.4, -0.2) is 0 Å². The van der Waals surface area contributed by atoms with Crippen LogP contribution in [-0.2, 0) is 0 Å². The molecule has 0 bridgehead atoms. The first-order chi connectivity index (χ1) is 6.24. The Morgan fingerprint density at radius 1 is 1.23 bits per heavy atom. The summed E-state index contributed by atoms with van der Waals surface area (Å²) in [6.07, 6.45) is 0.881. The summed E-state index contributed by atoms with van der Waals surface area (Å²) in [4.78, 5) is 0. The minimum atomic E-state index is -0.211. The Morgan fingerprint density at radius 2 is 1.69 bits per heavy atom. The normalized spacial score (nSPS) is 11.5. The quantitative estimate of drug-likeness (QED) is 0.748. The van der Waals surface area contributed by atoms with Crippen molar-refractivity contribution in [1.82, 2.24) is 0 Å². The van der Waals surface area contributed by atoms with Crippen LogP contribution in [0.25, 0.3) is 0 Å². The van der Waals surface area contributed by atoms with Gasteiger partial charge in [-0.1, -0.05) is 32.9 Å². The Bertz CT molecular complexity index is 218. The van der Waals surface area contributed by atoms with Crippen molar-refractivity contribution in [3.63, 3.8) is 0 Å². The van der Waals surface area contributed by atoms with Crippen LogP contribution in [0.4, 0.5) is 4.39 Å². The Labute approximate surface area is 79.8 Å². The standard InChI is InChI=1S/C9H12FN.C2H6/c1-2-9(11)7-3-5-8(10)6-4-7;1-2/h3-6,9H,2,11H2,1H3;1-2H3/t9-;/m1./s1. The minimum absolute atomic E-state index is 0.0376. The van der Waals surface area contributed by atoms with Gasteiger partial charge >= 0.3 is 0 Å². The molecule has 74 valence electrons. The van der Waals surface area contributed by atoms with Crippen LogP contribution in [0.2, 0.25) is 0 Å². The molecule has 13 heavy (non-hydrogen) atoms. The van der Waals surface area contributed by atoms with Crippen LogP contribution in [0.1, 0.15) is 38.8 Å². The highest BCUT2D eigenvalue weighted by atomic mass is 19.1. The lowest BCUT2D eigenvalue weighted by Gasteiger charge is -2.07. The number of halogens is 1. The third-order valence-electron chi connectivity index (χ3n) is 1.74. The zero-order valence-electron chi connectivity index (χ0n) is 8.55. The third-order valence-corrected chi connectivity index (χ3v) is 1.74. The molecule has 2 heteroatoms. The highest BCUT2D eigenvalue weighted by Gasteiger charge is 2.01. The molecule has 1 rings (SSSR count). The molecule has 0 aliphatic heterocycles. The van der Waals surface area contributed by atoms with E-state index in [1.54, 1.807) is 12.1 Å². The van der Waals surface area contributed by atoms with E-state index in [1.165, 1.54) is 12.1 Å². The van der Waals surface area contributed by atoms with E-state index in [-0.39, 0.29) is 11.9 Å². The fourth-order valence-electron chi connectivity index (χ4n) is 0.946. The smallest absolute Gasteiger partial charge is 0.123 e. The van der Waals surface area contributed by atoms with Gasteiger partial charge in [-0.25, -0.2) is 4.39 Å². The monoisotopic (exact) mass is 183 g/mol. The van der Waals surface area contributed by atoms with E-state index in [4.69, 9.17) is 5.73 Å². The van der Waals surface area contributed by atoms with Crippen molar-refractivity contribution in [2.75, 3.05) is 0 Å². The topological polar surface area (TPSA) is 26.0 Å². The van der Waals surface area contributed by atoms with E-state index in [0.29, 0.717) is 0 Å². The van der Waals surface area contributed by atoms with Gasteiger partial charge in [0.2, 0.25) is 0 Å². The number of hydrogen-bond donors (Lipinski definition) is 1. The summed E-state index contributed by atoms with van der Waals surface area (Å²) in [6, 6.07) is 6.36. The molecule has 0 aromatic heterocycles. The highest BCUT2D eigenvalue weighted by molar-refractivity contribution is 5.19. The fourth-order valence-corrected chi connectivity index (χ4v) is 0.946. The SMILES string of the molecule is CC.CC[C@@H](N)c1ccc(F)cc1. The minimum Gasteiger partial charge on any atom is -0.324 e. The third kappa shape index (κ3) is 4.04. The van der Waals surface area contributed by atoms with E-state index >= 15 is 0 Å². The van der Waals surface area contributed by atoms with Crippen molar-refractivity contribution in [3.8, 4) is 0 Å². The van der Waals surface area contributed by atoms with Crippen molar-refractivity contribution in [2.45, 2.75) is 33.2 Å².